The molecule has 1 aromatic heterocycles. The van der Waals surface area contributed by atoms with Gasteiger partial charge in [-0.05, 0) is 39.5 Å². The Hall–Kier alpha value is -1.59. The Balaban J connectivity index is 1.93. The van der Waals surface area contributed by atoms with Crippen LogP contribution in [0.5, 0.6) is 0 Å². The van der Waals surface area contributed by atoms with E-state index in [2.05, 4.69) is 38.6 Å². The summed E-state index contributed by atoms with van der Waals surface area (Å²) >= 11 is 0. The zero-order valence-electron chi connectivity index (χ0n) is 11.8. The van der Waals surface area contributed by atoms with Crippen LogP contribution in [0, 0.1) is 0 Å². The fourth-order valence-corrected chi connectivity index (χ4v) is 3.03. The third-order valence-electron chi connectivity index (χ3n) is 4.16. The zero-order chi connectivity index (χ0) is 13.5. The molecule has 1 aromatic rings. The van der Waals surface area contributed by atoms with Gasteiger partial charge in [0.05, 0.1) is 0 Å². The van der Waals surface area contributed by atoms with Crippen molar-refractivity contribution in [2.24, 2.45) is 0 Å². The van der Waals surface area contributed by atoms with Gasteiger partial charge < -0.3 is 15.5 Å². The molecule has 3 rings (SSSR count). The topological polar surface area (TPSA) is 71.2 Å². The third kappa shape index (κ3) is 2.31. The van der Waals surface area contributed by atoms with E-state index >= 15 is 0 Å². The lowest BCUT2D eigenvalue weighted by Gasteiger charge is -2.32. The van der Waals surface area contributed by atoms with Crippen LogP contribution in [0.3, 0.4) is 0 Å². The van der Waals surface area contributed by atoms with Crippen LogP contribution >= 0.6 is 0 Å². The van der Waals surface area contributed by atoms with E-state index in [1.165, 1.54) is 19.3 Å². The zero-order valence-corrected chi connectivity index (χ0v) is 11.8. The number of anilines is 3. The van der Waals surface area contributed by atoms with Crippen LogP contribution in [0.25, 0.3) is 0 Å². The van der Waals surface area contributed by atoms with Gasteiger partial charge in [0, 0.05) is 25.2 Å². The fraction of sp³-hybridized carbons (Fsp3) is 0.769. The average molecular weight is 262 g/mol. The van der Waals surface area contributed by atoms with Gasteiger partial charge in [0.1, 0.15) is 0 Å². The Bertz CT molecular complexity index is 466. The molecule has 0 amide bonds. The molecule has 2 aliphatic heterocycles. The molecule has 6 nitrogen and oxygen atoms in total. The van der Waals surface area contributed by atoms with Gasteiger partial charge in [-0.25, -0.2) is 0 Å². The highest BCUT2D eigenvalue weighted by molar-refractivity contribution is 5.46. The van der Waals surface area contributed by atoms with E-state index < -0.39 is 0 Å². The molecule has 0 aromatic carbocycles. The Morgan fingerprint density at radius 3 is 2.26 bits per heavy atom. The van der Waals surface area contributed by atoms with Gasteiger partial charge in [0.2, 0.25) is 17.8 Å². The quantitative estimate of drug-likeness (QED) is 0.869. The summed E-state index contributed by atoms with van der Waals surface area (Å²) in [5.41, 5.74) is 5.97. The number of hydrogen-bond acceptors (Lipinski definition) is 6. The van der Waals surface area contributed by atoms with E-state index in [1.807, 2.05) is 0 Å². The largest absolute Gasteiger partial charge is 0.368 e. The van der Waals surface area contributed by atoms with Gasteiger partial charge in [0.15, 0.2) is 0 Å². The second kappa shape index (κ2) is 4.51. The van der Waals surface area contributed by atoms with Gasteiger partial charge in [-0.1, -0.05) is 0 Å². The number of nitrogens with zero attached hydrogens (tertiary/aromatic N) is 5. The minimum absolute atomic E-state index is 0.107. The smallest absolute Gasteiger partial charge is 0.232 e. The van der Waals surface area contributed by atoms with E-state index in [0.717, 1.165) is 38.0 Å². The summed E-state index contributed by atoms with van der Waals surface area (Å²) in [6.07, 6.45) is 4.75. The van der Waals surface area contributed by atoms with Crippen molar-refractivity contribution in [3.63, 3.8) is 0 Å². The Morgan fingerprint density at radius 2 is 1.63 bits per heavy atom. The van der Waals surface area contributed by atoms with Crippen molar-refractivity contribution in [1.29, 1.82) is 0 Å². The highest BCUT2D eigenvalue weighted by Crippen LogP contribution is 2.32. The summed E-state index contributed by atoms with van der Waals surface area (Å²) in [5.74, 6) is 1.80. The second-order valence-corrected chi connectivity index (χ2v) is 6.06. The maximum absolute atomic E-state index is 5.87. The summed E-state index contributed by atoms with van der Waals surface area (Å²) < 4.78 is 0. The molecule has 0 spiro atoms. The Labute approximate surface area is 114 Å². The van der Waals surface area contributed by atoms with Crippen molar-refractivity contribution >= 4 is 17.8 Å². The minimum atomic E-state index is 0.107. The summed E-state index contributed by atoms with van der Waals surface area (Å²) in [4.78, 5) is 17.7. The predicted molar refractivity (Wildman–Crippen MR) is 76.3 cm³/mol. The van der Waals surface area contributed by atoms with Gasteiger partial charge in [-0.3, -0.25) is 0 Å². The molecule has 104 valence electrons. The van der Waals surface area contributed by atoms with E-state index in [1.54, 1.807) is 0 Å². The van der Waals surface area contributed by atoms with E-state index in [0.29, 0.717) is 5.95 Å². The number of nitrogen functional groups attached to an aromatic ring is 1. The highest BCUT2D eigenvalue weighted by atomic mass is 15.4. The maximum atomic E-state index is 5.87. The first-order valence-electron chi connectivity index (χ1n) is 7.10. The van der Waals surface area contributed by atoms with Crippen molar-refractivity contribution in [3.05, 3.63) is 0 Å². The minimum Gasteiger partial charge on any atom is -0.368 e. The van der Waals surface area contributed by atoms with Crippen LogP contribution in [0.2, 0.25) is 0 Å². The highest BCUT2D eigenvalue weighted by Gasteiger charge is 2.34. The molecule has 19 heavy (non-hydrogen) atoms. The molecule has 0 radical (unpaired) electrons. The molecule has 2 saturated heterocycles. The standard InChI is InChI=1S/C13H22N6/c1-13(2)6-5-9-19(13)12-16-10(14)15-11(17-12)18-7-3-4-8-18/h3-9H2,1-2H3,(H2,14,15,16,17). The van der Waals surface area contributed by atoms with E-state index in [-0.39, 0.29) is 5.54 Å². The fourth-order valence-electron chi connectivity index (χ4n) is 3.03. The number of hydrogen-bond donors (Lipinski definition) is 1. The van der Waals surface area contributed by atoms with E-state index in [4.69, 9.17) is 5.73 Å². The van der Waals surface area contributed by atoms with Gasteiger partial charge in [-0.15, -0.1) is 0 Å². The van der Waals surface area contributed by atoms with Crippen LogP contribution in [0.15, 0.2) is 0 Å². The molecule has 0 saturated carbocycles. The Morgan fingerprint density at radius 1 is 0.947 bits per heavy atom. The summed E-state index contributed by atoms with van der Waals surface area (Å²) in [7, 11) is 0. The molecule has 2 N–H and O–H groups in total. The van der Waals surface area contributed by atoms with Crippen molar-refractivity contribution in [2.45, 2.75) is 45.1 Å². The molecule has 3 heterocycles. The monoisotopic (exact) mass is 262 g/mol. The first kappa shape index (κ1) is 12.4. The summed E-state index contributed by atoms with van der Waals surface area (Å²) in [6, 6.07) is 0. The number of nitrogens with two attached hydrogens (primary N) is 1. The average Bonchev–Trinajstić information content (AvgIpc) is 2.96. The molecule has 0 unspecified atom stereocenters. The molecule has 6 heteroatoms. The lowest BCUT2D eigenvalue weighted by atomic mass is 10.0. The molecular weight excluding hydrogens is 240 g/mol. The van der Waals surface area contributed by atoms with Gasteiger partial charge >= 0.3 is 0 Å². The molecular formula is C13H22N6. The van der Waals surface area contributed by atoms with Gasteiger partial charge in [0.25, 0.3) is 0 Å². The predicted octanol–water partition coefficient (Wildman–Crippen LogP) is 1.43. The van der Waals surface area contributed by atoms with Crippen LogP contribution in [-0.4, -0.2) is 40.1 Å². The lowest BCUT2D eigenvalue weighted by Crippen LogP contribution is -2.39. The third-order valence-corrected chi connectivity index (χ3v) is 4.16. The number of aromatic nitrogens is 3. The number of rotatable bonds is 2. The van der Waals surface area contributed by atoms with Crippen molar-refractivity contribution in [3.8, 4) is 0 Å². The molecule has 2 aliphatic rings. The summed E-state index contributed by atoms with van der Waals surface area (Å²) in [5, 5.41) is 0. The van der Waals surface area contributed by atoms with Crippen LogP contribution in [-0.2, 0) is 0 Å². The normalized spacial score (nSPS) is 22.2. The van der Waals surface area contributed by atoms with Crippen LogP contribution in [0.4, 0.5) is 17.8 Å². The van der Waals surface area contributed by atoms with Crippen molar-refractivity contribution in [2.75, 3.05) is 35.2 Å². The van der Waals surface area contributed by atoms with Crippen LogP contribution < -0.4 is 15.5 Å². The summed E-state index contributed by atoms with van der Waals surface area (Å²) in [6.45, 7) is 7.50. The second-order valence-electron chi connectivity index (χ2n) is 6.06. The molecule has 0 bridgehead atoms. The molecule has 2 fully saturated rings. The molecule has 0 aliphatic carbocycles. The van der Waals surface area contributed by atoms with E-state index in [9.17, 15) is 0 Å². The van der Waals surface area contributed by atoms with Crippen LogP contribution in [0.1, 0.15) is 39.5 Å². The van der Waals surface area contributed by atoms with Crippen molar-refractivity contribution in [1.82, 2.24) is 15.0 Å². The first-order chi connectivity index (χ1) is 9.06. The molecule has 0 atom stereocenters. The lowest BCUT2D eigenvalue weighted by molar-refractivity contribution is 0.509. The maximum Gasteiger partial charge on any atom is 0.232 e. The first-order valence-corrected chi connectivity index (χ1v) is 7.10. The van der Waals surface area contributed by atoms with Gasteiger partial charge in [-0.2, -0.15) is 15.0 Å². The Kier molecular flexibility index (Phi) is 2.95. The SMILES string of the molecule is CC1(C)CCCN1c1nc(N)nc(N2CCCC2)n1. The van der Waals surface area contributed by atoms with Crippen molar-refractivity contribution < 1.29 is 0 Å².